The second kappa shape index (κ2) is 3.37. The molecule has 0 atom stereocenters. The highest BCUT2D eigenvalue weighted by Crippen LogP contribution is 2.18. The van der Waals surface area contributed by atoms with Gasteiger partial charge in [0.15, 0.2) is 0 Å². The average Bonchev–Trinajstić information content (AvgIpc) is 2.15. The molecule has 0 radical (unpaired) electrons. The molecule has 0 unspecified atom stereocenters. The third kappa shape index (κ3) is 1.93. The molecule has 1 aliphatic carbocycles. The lowest BCUT2D eigenvalue weighted by Crippen LogP contribution is -1.80. The first-order chi connectivity index (χ1) is 5.24. The van der Waals surface area contributed by atoms with Crippen LogP contribution in [0.25, 0.3) is 0 Å². The fourth-order valence-electron chi connectivity index (χ4n) is 0.873. The van der Waals surface area contributed by atoms with Crippen molar-refractivity contribution in [1.82, 2.24) is 0 Å². The number of allylic oxidation sites excluding steroid dienone is 5. The predicted octanol–water partition coefficient (Wildman–Crippen LogP) is 2.72. The molecule has 11 heavy (non-hydrogen) atoms. The van der Waals surface area contributed by atoms with E-state index < -0.39 is 0 Å². The van der Waals surface area contributed by atoms with Gasteiger partial charge in [-0.05, 0) is 25.0 Å². The van der Waals surface area contributed by atoms with E-state index in [4.69, 9.17) is 4.74 Å². The van der Waals surface area contributed by atoms with Crippen molar-refractivity contribution in [2.24, 2.45) is 0 Å². The second-order valence-corrected chi connectivity index (χ2v) is 2.49. The molecule has 0 amide bonds. The Balaban J connectivity index is 2.92. The molecule has 1 aliphatic rings. The maximum Gasteiger partial charge on any atom is 0.126 e. The van der Waals surface area contributed by atoms with E-state index in [1.165, 1.54) is 13.2 Å². The Morgan fingerprint density at radius 1 is 1.55 bits per heavy atom. The zero-order chi connectivity index (χ0) is 8.27. The standard InChI is InChI=1S/C9H11FO/c1-7-4-3-5-8(11-2)6-9(7)10/h3,5-6H,4H2,1-2H3. The van der Waals surface area contributed by atoms with Gasteiger partial charge in [-0.25, -0.2) is 4.39 Å². The molecule has 1 rings (SSSR count). The lowest BCUT2D eigenvalue weighted by atomic mass is 10.2. The highest BCUT2D eigenvalue weighted by atomic mass is 19.1. The summed E-state index contributed by atoms with van der Waals surface area (Å²) in [5, 5.41) is 0. The van der Waals surface area contributed by atoms with E-state index in [9.17, 15) is 4.39 Å². The summed E-state index contributed by atoms with van der Waals surface area (Å²) in [5.74, 6) is 0.381. The quantitative estimate of drug-likeness (QED) is 0.564. The van der Waals surface area contributed by atoms with Crippen molar-refractivity contribution in [3.63, 3.8) is 0 Å². The maximum absolute atomic E-state index is 13.0. The van der Waals surface area contributed by atoms with Gasteiger partial charge in [-0.1, -0.05) is 6.08 Å². The van der Waals surface area contributed by atoms with E-state index in [2.05, 4.69) is 0 Å². The van der Waals surface area contributed by atoms with Crippen molar-refractivity contribution in [2.45, 2.75) is 13.3 Å². The third-order valence-corrected chi connectivity index (χ3v) is 1.62. The smallest absolute Gasteiger partial charge is 0.126 e. The molecule has 0 N–H and O–H groups in total. The number of halogens is 1. The predicted molar refractivity (Wildman–Crippen MR) is 42.7 cm³/mol. The summed E-state index contributed by atoms with van der Waals surface area (Å²) in [5.41, 5.74) is 0.744. The van der Waals surface area contributed by atoms with E-state index in [1.54, 1.807) is 13.0 Å². The van der Waals surface area contributed by atoms with Crippen molar-refractivity contribution in [3.8, 4) is 0 Å². The first-order valence-corrected chi connectivity index (χ1v) is 3.51. The Bertz CT molecular complexity index is 236. The van der Waals surface area contributed by atoms with Gasteiger partial charge in [0, 0.05) is 6.08 Å². The SMILES string of the molecule is COC1=CC(F)=C(C)CC=C1. The largest absolute Gasteiger partial charge is 0.497 e. The fourth-order valence-corrected chi connectivity index (χ4v) is 0.873. The maximum atomic E-state index is 13.0. The minimum absolute atomic E-state index is 0.188. The molecule has 2 heteroatoms. The van der Waals surface area contributed by atoms with Crippen LogP contribution in [0.5, 0.6) is 0 Å². The van der Waals surface area contributed by atoms with Gasteiger partial charge < -0.3 is 4.74 Å². The summed E-state index contributed by atoms with van der Waals surface area (Å²) in [6, 6.07) is 0. The molecule has 0 aromatic heterocycles. The minimum Gasteiger partial charge on any atom is -0.497 e. The third-order valence-electron chi connectivity index (χ3n) is 1.62. The monoisotopic (exact) mass is 154 g/mol. The van der Waals surface area contributed by atoms with Gasteiger partial charge in [0.1, 0.15) is 11.6 Å². The van der Waals surface area contributed by atoms with Crippen molar-refractivity contribution >= 4 is 0 Å². The Hall–Kier alpha value is -1.05. The summed E-state index contributed by atoms with van der Waals surface area (Å²) in [6.07, 6.45) is 5.72. The Kier molecular flexibility index (Phi) is 2.47. The number of ether oxygens (including phenoxy) is 1. The lowest BCUT2D eigenvalue weighted by Gasteiger charge is -1.96. The molecule has 0 heterocycles. The van der Waals surface area contributed by atoms with Gasteiger partial charge in [-0.3, -0.25) is 0 Å². The van der Waals surface area contributed by atoms with Crippen molar-refractivity contribution in [1.29, 1.82) is 0 Å². The van der Waals surface area contributed by atoms with Crippen molar-refractivity contribution in [2.75, 3.05) is 7.11 Å². The van der Waals surface area contributed by atoms with Crippen LogP contribution in [0.1, 0.15) is 13.3 Å². The summed E-state index contributed by atoms with van der Waals surface area (Å²) in [4.78, 5) is 0. The van der Waals surface area contributed by atoms with Crippen LogP contribution in [0.15, 0.2) is 35.4 Å². The average molecular weight is 154 g/mol. The van der Waals surface area contributed by atoms with Crippen LogP contribution in [-0.2, 0) is 4.74 Å². The second-order valence-electron chi connectivity index (χ2n) is 2.49. The summed E-state index contributed by atoms with van der Waals surface area (Å²) >= 11 is 0. The van der Waals surface area contributed by atoms with Crippen LogP contribution in [0.4, 0.5) is 4.39 Å². The van der Waals surface area contributed by atoms with Gasteiger partial charge >= 0.3 is 0 Å². The molecule has 0 aromatic carbocycles. The number of hydrogen-bond donors (Lipinski definition) is 0. The normalized spacial score (nSPS) is 17.9. The molecular formula is C9H11FO. The van der Waals surface area contributed by atoms with Crippen LogP contribution in [-0.4, -0.2) is 7.11 Å². The molecule has 0 aromatic rings. The van der Waals surface area contributed by atoms with Crippen LogP contribution in [0, 0.1) is 0 Å². The zero-order valence-electron chi connectivity index (χ0n) is 6.73. The van der Waals surface area contributed by atoms with Crippen molar-refractivity contribution < 1.29 is 9.13 Å². The number of rotatable bonds is 1. The Labute approximate surface area is 65.9 Å². The highest BCUT2D eigenvalue weighted by molar-refractivity contribution is 5.30. The molecule has 1 nitrogen and oxygen atoms in total. The van der Waals surface area contributed by atoms with Crippen molar-refractivity contribution in [3.05, 3.63) is 35.4 Å². The van der Waals surface area contributed by atoms with Crippen LogP contribution >= 0.6 is 0 Å². The Morgan fingerprint density at radius 3 is 2.91 bits per heavy atom. The molecule has 0 bridgehead atoms. The molecule has 0 aliphatic heterocycles. The molecule has 0 saturated heterocycles. The van der Waals surface area contributed by atoms with Gasteiger partial charge in [-0.15, -0.1) is 0 Å². The first-order valence-electron chi connectivity index (χ1n) is 3.51. The van der Waals surface area contributed by atoms with E-state index >= 15 is 0 Å². The minimum atomic E-state index is -0.188. The van der Waals surface area contributed by atoms with E-state index in [0.717, 1.165) is 5.57 Å². The van der Waals surface area contributed by atoms with Gasteiger partial charge in [0.05, 0.1) is 7.11 Å². The molecule has 0 spiro atoms. The zero-order valence-corrected chi connectivity index (χ0v) is 6.73. The molecule has 60 valence electrons. The Morgan fingerprint density at radius 2 is 2.27 bits per heavy atom. The molecular weight excluding hydrogens is 143 g/mol. The molecule has 0 fully saturated rings. The van der Waals surface area contributed by atoms with E-state index in [-0.39, 0.29) is 5.83 Å². The van der Waals surface area contributed by atoms with Crippen LogP contribution < -0.4 is 0 Å². The number of methoxy groups -OCH3 is 1. The topological polar surface area (TPSA) is 9.23 Å². The summed E-state index contributed by atoms with van der Waals surface area (Å²) in [7, 11) is 1.53. The first kappa shape index (κ1) is 8.05. The number of hydrogen-bond acceptors (Lipinski definition) is 1. The highest BCUT2D eigenvalue weighted by Gasteiger charge is 2.02. The van der Waals surface area contributed by atoms with E-state index in [1.807, 2.05) is 6.08 Å². The van der Waals surface area contributed by atoms with Gasteiger partial charge in [-0.2, -0.15) is 0 Å². The van der Waals surface area contributed by atoms with Gasteiger partial charge in [0.25, 0.3) is 0 Å². The van der Waals surface area contributed by atoms with Gasteiger partial charge in [0.2, 0.25) is 0 Å². The molecule has 0 saturated carbocycles. The summed E-state index contributed by atoms with van der Waals surface area (Å²) in [6.45, 7) is 1.77. The van der Waals surface area contributed by atoms with Crippen LogP contribution in [0.3, 0.4) is 0 Å². The van der Waals surface area contributed by atoms with Crippen LogP contribution in [0.2, 0.25) is 0 Å². The summed E-state index contributed by atoms with van der Waals surface area (Å²) < 4.78 is 17.8. The van der Waals surface area contributed by atoms with E-state index in [0.29, 0.717) is 12.2 Å². The fraction of sp³-hybridized carbons (Fsp3) is 0.333. The lowest BCUT2D eigenvalue weighted by molar-refractivity contribution is 0.305.